The van der Waals surface area contributed by atoms with Crippen molar-refractivity contribution in [2.24, 2.45) is 0 Å². The third-order valence-corrected chi connectivity index (χ3v) is 5.83. The molecular weight excluding hydrogens is 276 g/mol. The molecule has 0 saturated carbocycles. The van der Waals surface area contributed by atoms with Crippen molar-refractivity contribution in [2.45, 2.75) is 30.8 Å². The average Bonchev–Trinajstić information content (AvgIpc) is 2.47. The number of nitrogens with two attached hydrogens (primary N) is 1. The second-order valence-electron chi connectivity index (χ2n) is 5.08. The van der Waals surface area contributed by atoms with Gasteiger partial charge in [-0.2, -0.15) is 4.31 Å². The van der Waals surface area contributed by atoms with Crippen molar-refractivity contribution >= 4 is 15.7 Å². The molecule has 0 spiro atoms. The molecule has 1 aliphatic heterocycles. The Morgan fingerprint density at radius 3 is 2.65 bits per heavy atom. The summed E-state index contributed by atoms with van der Waals surface area (Å²) in [7, 11) is -1.99. The lowest BCUT2D eigenvalue weighted by atomic mass is 10.1. The first kappa shape index (κ1) is 15.2. The molecule has 0 amide bonds. The molecule has 0 radical (unpaired) electrons. The molecule has 1 aromatic rings. The Balaban J connectivity index is 2.16. The third kappa shape index (κ3) is 2.94. The molecule has 2 N–H and O–H groups in total. The molecule has 0 bridgehead atoms. The van der Waals surface area contributed by atoms with Crippen molar-refractivity contribution in [1.29, 1.82) is 0 Å². The highest BCUT2D eigenvalue weighted by Gasteiger charge is 2.32. The molecular formula is C13H22N4O2S. The number of aromatic nitrogens is 1. The van der Waals surface area contributed by atoms with Crippen molar-refractivity contribution in [2.75, 3.05) is 32.4 Å². The molecule has 6 nitrogen and oxygen atoms in total. The monoisotopic (exact) mass is 298 g/mol. The van der Waals surface area contributed by atoms with Crippen LogP contribution >= 0.6 is 0 Å². The first-order valence-electron chi connectivity index (χ1n) is 6.87. The van der Waals surface area contributed by atoms with Gasteiger partial charge in [-0.05, 0) is 44.6 Å². The summed E-state index contributed by atoms with van der Waals surface area (Å²) in [4.78, 5) is 6.26. The van der Waals surface area contributed by atoms with E-state index in [1.807, 2.05) is 0 Å². The fraction of sp³-hybridized carbons (Fsp3) is 0.615. The summed E-state index contributed by atoms with van der Waals surface area (Å²) in [5, 5.41) is -0.0413. The summed E-state index contributed by atoms with van der Waals surface area (Å²) < 4.78 is 26.6. The van der Waals surface area contributed by atoms with Gasteiger partial charge in [0.05, 0.1) is 5.69 Å². The third-order valence-electron chi connectivity index (χ3n) is 3.94. The highest BCUT2D eigenvalue weighted by molar-refractivity contribution is 7.89. The number of anilines is 1. The number of nitrogen functional groups attached to an aromatic ring is 1. The SMILES string of the molecule is CCN1CCC(N(C)S(=O)(=O)c2ncccc2N)CC1. The standard InChI is InChI=1S/C13H22N4O2S/c1-3-17-9-6-11(7-10-17)16(2)20(18,19)13-12(14)5-4-8-15-13/h4-5,8,11H,3,6-7,9-10,14H2,1-2H3. The Bertz CT molecular complexity index is 553. The molecule has 0 aromatic carbocycles. The van der Waals surface area contributed by atoms with Crippen LogP contribution in [0.25, 0.3) is 0 Å². The van der Waals surface area contributed by atoms with E-state index in [0.717, 1.165) is 32.5 Å². The zero-order valence-electron chi connectivity index (χ0n) is 12.0. The zero-order valence-corrected chi connectivity index (χ0v) is 12.8. The molecule has 0 aliphatic carbocycles. The predicted molar refractivity (Wildman–Crippen MR) is 78.7 cm³/mol. The molecule has 0 unspecified atom stereocenters. The molecule has 0 atom stereocenters. The van der Waals surface area contributed by atoms with Crippen LogP contribution in [-0.4, -0.2) is 55.3 Å². The minimum atomic E-state index is -3.61. The molecule has 1 fully saturated rings. The highest BCUT2D eigenvalue weighted by atomic mass is 32.2. The topological polar surface area (TPSA) is 79.5 Å². The van der Waals surface area contributed by atoms with E-state index in [1.54, 1.807) is 19.2 Å². The van der Waals surface area contributed by atoms with Crippen LogP contribution in [-0.2, 0) is 10.0 Å². The van der Waals surface area contributed by atoms with E-state index in [2.05, 4.69) is 16.8 Å². The normalized spacial score (nSPS) is 18.6. The number of rotatable bonds is 4. The largest absolute Gasteiger partial charge is 0.396 e. The van der Waals surface area contributed by atoms with Crippen molar-refractivity contribution in [1.82, 2.24) is 14.2 Å². The summed E-state index contributed by atoms with van der Waals surface area (Å²) in [5.41, 5.74) is 5.94. The lowest BCUT2D eigenvalue weighted by Crippen LogP contribution is -2.45. The molecule has 2 rings (SSSR count). The number of hydrogen-bond acceptors (Lipinski definition) is 5. The van der Waals surface area contributed by atoms with Crippen LogP contribution in [0.1, 0.15) is 19.8 Å². The van der Waals surface area contributed by atoms with Crippen LogP contribution in [0.3, 0.4) is 0 Å². The summed E-state index contributed by atoms with van der Waals surface area (Å²) in [6, 6.07) is 3.21. The summed E-state index contributed by atoms with van der Waals surface area (Å²) in [5.74, 6) is 0. The van der Waals surface area contributed by atoms with Gasteiger partial charge >= 0.3 is 0 Å². The van der Waals surface area contributed by atoms with E-state index in [9.17, 15) is 8.42 Å². The average molecular weight is 298 g/mol. The quantitative estimate of drug-likeness (QED) is 0.888. The minimum absolute atomic E-state index is 0.0178. The first-order valence-corrected chi connectivity index (χ1v) is 8.31. The maximum absolute atomic E-state index is 12.6. The van der Waals surface area contributed by atoms with Gasteiger partial charge in [0, 0.05) is 19.3 Å². The van der Waals surface area contributed by atoms with Gasteiger partial charge in [-0.3, -0.25) is 0 Å². The molecule has 7 heteroatoms. The Morgan fingerprint density at radius 2 is 2.10 bits per heavy atom. The lowest BCUT2D eigenvalue weighted by Gasteiger charge is -2.35. The molecule has 20 heavy (non-hydrogen) atoms. The second-order valence-corrected chi connectivity index (χ2v) is 7.00. The van der Waals surface area contributed by atoms with Crippen LogP contribution in [0.4, 0.5) is 5.69 Å². The molecule has 1 saturated heterocycles. The van der Waals surface area contributed by atoms with E-state index in [-0.39, 0.29) is 16.8 Å². The maximum atomic E-state index is 12.6. The van der Waals surface area contributed by atoms with E-state index in [1.165, 1.54) is 10.5 Å². The molecule has 112 valence electrons. The summed E-state index contributed by atoms with van der Waals surface area (Å²) in [6.45, 7) is 4.99. The van der Waals surface area contributed by atoms with Gasteiger partial charge in [0.1, 0.15) is 0 Å². The van der Waals surface area contributed by atoms with Gasteiger partial charge in [-0.1, -0.05) is 6.92 Å². The number of sulfonamides is 1. The predicted octanol–water partition coefficient (Wildman–Crippen LogP) is 0.769. The van der Waals surface area contributed by atoms with Gasteiger partial charge in [-0.25, -0.2) is 13.4 Å². The van der Waals surface area contributed by atoms with E-state index in [0.29, 0.717) is 0 Å². The second kappa shape index (κ2) is 6.07. The number of nitrogens with zero attached hydrogens (tertiary/aromatic N) is 3. The molecule has 1 aromatic heterocycles. The van der Waals surface area contributed by atoms with Crippen LogP contribution in [0.5, 0.6) is 0 Å². The van der Waals surface area contributed by atoms with Crippen molar-refractivity contribution in [3.63, 3.8) is 0 Å². The summed E-state index contributed by atoms with van der Waals surface area (Å²) in [6.07, 6.45) is 3.14. The maximum Gasteiger partial charge on any atom is 0.262 e. The lowest BCUT2D eigenvalue weighted by molar-refractivity contribution is 0.176. The fourth-order valence-electron chi connectivity index (χ4n) is 2.55. The number of likely N-dealkylation sites (tertiary alicyclic amines) is 1. The van der Waals surface area contributed by atoms with Crippen LogP contribution in [0.15, 0.2) is 23.4 Å². The zero-order chi connectivity index (χ0) is 14.8. The van der Waals surface area contributed by atoms with Gasteiger partial charge in [0.2, 0.25) is 0 Å². The summed E-state index contributed by atoms with van der Waals surface area (Å²) >= 11 is 0. The minimum Gasteiger partial charge on any atom is -0.396 e. The van der Waals surface area contributed by atoms with Crippen molar-refractivity contribution < 1.29 is 8.42 Å². The van der Waals surface area contributed by atoms with Crippen LogP contribution in [0.2, 0.25) is 0 Å². The van der Waals surface area contributed by atoms with Gasteiger partial charge in [0.25, 0.3) is 10.0 Å². The van der Waals surface area contributed by atoms with Crippen LogP contribution < -0.4 is 5.73 Å². The van der Waals surface area contributed by atoms with Gasteiger partial charge in [0.15, 0.2) is 5.03 Å². The fourth-order valence-corrected chi connectivity index (χ4v) is 3.99. The van der Waals surface area contributed by atoms with E-state index in [4.69, 9.17) is 5.73 Å². The van der Waals surface area contributed by atoms with Gasteiger partial charge in [-0.15, -0.1) is 0 Å². The van der Waals surface area contributed by atoms with Crippen molar-refractivity contribution in [3.8, 4) is 0 Å². The molecule has 2 heterocycles. The van der Waals surface area contributed by atoms with Crippen LogP contribution in [0, 0.1) is 0 Å². The Kier molecular flexibility index (Phi) is 4.62. The number of hydrogen-bond donors (Lipinski definition) is 1. The Labute approximate surface area is 120 Å². The Morgan fingerprint density at radius 1 is 1.45 bits per heavy atom. The molecule has 1 aliphatic rings. The van der Waals surface area contributed by atoms with E-state index >= 15 is 0 Å². The number of piperidine rings is 1. The smallest absolute Gasteiger partial charge is 0.262 e. The highest BCUT2D eigenvalue weighted by Crippen LogP contribution is 2.24. The number of pyridine rings is 1. The van der Waals surface area contributed by atoms with Gasteiger partial charge < -0.3 is 10.6 Å². The Hall–Kier alpha value is -1.18. The first-order chi connectivity index (χ1) is 9.46. The van der Waals surface area contributed by atoms with E-state index < -0.39 is 10.0 Å². The van der Waals surface area contributed by atoms with Crippen molar-refractivity contribution in [3.05, 3.63) is 18.3 Å².